The van der Waals surface area contributed by atoms with Gasteiger partial charge in [-0.2, -0.15) is 5.10 Å². The second kappa shape index (κ2) is 7.71. The Balaban J connectivity index is 1.64. The normalized spacial score (nSPS) is 19.5. The van der Waals surface area contributed by atoms with Gasteiger partial charge < -0.3 is 10.2 Å². The number of nitrogens with zero attached hydrogens (tertiary/aromatic N) is 4. The number of carbonyl (C=O) groups is 1. The Morgan fingerprint density at radius 2 is 1.93 bits per heavy atom. The van der Waals surface area contributed by atoms with Crippen LogP contribution in [0.25, 0.3) is 11.0 Å². The van der Waals surface area contributed by atoms with Gasteiger partial charge in [0.15, 0.2) is 5.65 Å². The highest BCUT2D eigenvalue weighted by Gasteiger charge is 2.30. The third kappa shape index (κ3) is 4.32. The van der Waals surface area contributed by atoms with Crippen molar-refractivity contribution in [2.45, 2.75) is 84.2 Å². The molecule has 1 unspecified atom stereocenters. The molecule has 1 aliphatic heterocycles. The SMILES string of the molecule is Cc1nn(C(C)(C)C)c2nc(C3CC3)cc(C(=O)NC(C)CN3CCCCC3)c12. The number of hydrogen-bond donors (Lipinski definition) is 1. The summed E-state index contributed by atoms with van der Waals surface area (Å²) in [6.45, 7) is 13.7. The lowest BCUT2D eigenvalue weighted by molar-refractivity contribution is 0.0927. The Morgan fingerprint density at radius 1 is 1.24 bits per heavy atom. The molecule has 6 heteroatoms. The zero-order valence-corrected chi connectivity index (χ0v) is 18.6. The van der Waals surface area contributed by atoms with Crippen LogP contribution in [0.2, 0.25) is 0 Å². The van der Waals surface area contributed by atoms with Gasteiger partial charge in [-0.1, -0.05) is 6.42 Å². The first-order valence-corrected chi connectivity index (χ1v) is 11.2. The number of likely N-dealkylation sites (tertiary alicyclic amines) is 1. The van der Waals surface area contributed by atoms with E-state index in [4.69, 9.17) is 10.1 Å². The van der Waals surface area contributed by atoms with E-state index in [1.807, 2.05) is 17.7 Å². The minimum Gasteiger partial charge on any atom is -0.348 e. The molecule has 0 bridgehead atoms. The molecule has 1 atom stereocenters. The van der Waals surface area contributed by atoms with Crippen LogP contribution in [0.1, 0.15) is 87.5 Å². The average Bonchev–Trinajstić information content (AvgIpc) is 3.45. The van der Waals surface area contributed by atoms with Crippen molar-refractivity contribution in [1.82, 2.24) is 25.0 Å². The first-order chi connectivity index (χ1) is 13.7. The van der Waals surface area contributed by atoms with Crippen LogP contribution in [0.3, 0.4) is 0 Å². The third-order valence-electron chi connectivity index (χ3n) is 6.07. The van der Waals surface area contributed by atoms with Crippen molar-refractivity contribution in [3.63, 3.8) is 0 Å². The lowest BCUT2D eigenvalue weighted by Gasteiger charge is -2.29. The summed E-state index contributed by atoms with van der Waals surface area (Å²) in [4.78, 5) is 20.7. The molecule has 2 aromatic rings. The quantitative estimate of drug-likeness (QED) is 0.829. The molecule has 1 saturated carbocycles. The van der Waals surface area contributed by atoms with Crippen molar-refractivity contribution in [3.8, 4) is 0 Å². The molecule has 3 heterocycles. The number of nitrogens with one attached hydrogen (secondary N) is 1. The summed E-state index contributed by atoms with van der Waals surface area (Å²) >= 11 is 0. The van der Waals surface area contributed by atoms with Crippen molar-refractivity contribution >= 4 is 16.9 Å². The molecule has 4 rings (SSSR count). The number of pyridine rings is 1. The molecule has 158 valence electrons. The number of carbonyl (C=O) groups excluding carboxylic acids is 1. The van der Waals surface area contributed by atoms with E-state index >= 15 is 0 Å². The molecule has 1 N–H and O–H groups in total. The molecule has 1 amide bonds. The standard InChI is InChI=1S/C23H35N5O/c1-15(14-27-11-7-6-8-12-27)24-22(29)18-13-19(17-9-10-17)25-21-20(18)16(2)26-28(21)23(3,4)5/h13,15,17H,6-12,14H2,1-5H3,(H,24,29). The fourth-order valence-corrected chi connectivity index (χ4v) is 4.42. The van der Waals surface area contributed by atoms with Crippen LogP contribution in [0.15, 0.2) is 6.07 Å². The second-order valence-electron chi connectivity index (χ2n) is 9.97. The smallest absolute Gasteiger partial charge is 0.252 e. The van der Waals surface area contributed by atoms with E-state index in [-0.39, 0.29) is 17.5 Å². The number of aromatic nitrogens is 3. The van der Waals surface area contributed by atoms with E-state index in [1.165, 1.54) is 19.3 Å². The van der Waals surface area contributed by atoms with Crippen LogP contribution < -0.4 is 5.32 Å². The van der Waals surface area contributed by atoms with E-state index in [9.17, 15) is 4.79 Å². The van der Waals surface area contributed by atoms with Gasteiger partial charge >= 0.3 is 0 Å². The van der Waals surface area contributed by atoms with Crippen molar-refractivity contribution in [2.75, 3.05) is 19.6 Å². The molecular formula is C23H35N5O. The highest BCUT2D eigenvalue weighted by atomic mass is 16.1. The molecule has 6 nitrogen and oxygen atoms in total. The molecular weight excluding hydrogens is 362 g/mol. The van der Waals surface area contributed by atoms with Crippen molar-refractivity contribution in [3.05, 3.63) is 23.0 Å². The number of aryl methyl sites for hydroxylation is 1. The summed E-state index contributed by atoms with van der Waals surface area (Å²) in [5, 5.41) is 8.91. The Hall–Kier alpha value is -1.95. The highest BCUT2D eigenvalue weighted by molar-refractivity contribution is 6.06. The van der Waals surface area contributed by atoms with Gasteiger partial charge in [-0.25, -0.2) is 9.67 Å². The highest BCUT2D eigenvalue weighted by Crippen LogP contribution is 2.41. The van der Waals surface area contributed by atoms with E-state index < -0.39 is 0 Å². The van der Waals surface area contributed by atoms with Gasteiger partial charge in [0.05, 0.1) is 22.2 Å². The van der Waals surface area contributed by atoms with Gasteiger partial charge in [0.2, 0.25) is 0 Å². The van der Waals surface area contributed by atoms with Gasteiger partial charge in [0, 0.05) is 24.2 Å². The number of piperidine rings is 1. The van der Waals surface area contributed by atoms with Crippen LogP contribution in [0.5, 0.6) is 0 Å². The van der Waals surface area contributed by atoms with Crippen molar-refractivity contribution in [1.29, 1.82) is 0 Å². The number of rotatable bonds is 5. The molecule has 1 saturated heterocycles. The molecule has 1 aliphatic carbocycles. The molecule has 0 spiro atoms. The molecule has 0 radical (unpaired) electrons. The van der Waals surface area contributed by atoms with Crippen molar-refractivity contribution in [2.24, 2.45) is 0 Å². The summed E-state index contributed by atoms with van der Waals surface area (Å²) in [7, 11) is 0. The van der Waals surface area contributed by atoms with Gasteiger partial charge in [0.1, 0.15) is 0 Å². The minimum absolute atomic E-state index is 0.000341. The van der Waals surface area contributed by atoms with Crippen LogP contribution in [-0.2, 0) is 5.54 Å². The Labute approximate surface area is 174 Å². The van der Waals surface area contributed by atoms with E-state index in [1.54, 1.807) is 0 Å². The zero-order valence-electron chi connectivity index (χ0n) is 18.6. The minimum atomic E-state index is -0.184. The van der Waals surface area contributed by atoms with Gasteiger partial charge in [0.25, 0.3) is 5.91 Å². The summed E-state index contributed by atoms with van der Waals surface area (Å²) in [6, 6.07) is 2.14. The van der Waals surface area contributed by atoms with Crippen LogP contribution >= 0.6 is 0 Å². The van der Waals surface area contributed by atoms with Crippen LogP contribution in [0, 0.1) is 6.92 Å². The zero-order chi connectivity index (χ0) is 20.8. The fourth-order valence-electron chi connectivity index (χ4n) is 4.42. The third-order valence-corrected chi connectivity index (χ3v) is 6.07. The maximum Gasteiger partial charge on any atom is 0.252 e. The van der Waals surface area contributed by atoms with Crippen molar-refractivity contribution < 1.29 is 4.79 Å². The number of amides is 1. The van der Waals surface area contributed by atoms with E-state index in [2.05, 4.69) is 37.9 Å². The maximum atomic E-state index is 13.3. The summed E-state index contributed by atoms with van der Waals surface area (Å²) in [5.74, 6) is 0.487. The number of hydrogen-bond acceptors (Lipinski definition) is 4. The molecule has 2 aliphatic rings. The largest absolute Gasteiger partial charge is 0.348 e. The topological polar surface area (TPSA) is 63.1 Å². The average molecular weight is 398 g/mol. The lowest BCUT2D eigenvalue weighted by atomic mass is 10.1. The van der Waals surface area contributed by atoms with Gasteiger partial charge in [-0.15, -0.1) is 0 Å². The first-order valence-electron chi connectivity index (χ1n) is 11.2. The Bertz CT molecular complexity index is 900. The predicted molar refractivity (Wildman–Crippen MR) is 116 cm³/mol. The molecule has 0 aromatic carbocycles. The van der Waals surface area contributed by atoms with Gasteiger partial charge in [-0.05, 0) is 79.5 Å². The van der Waals surface area contributed by atoms with Crippen LogP contribution in [-0.4, -0.2) is 51.2 Å². The van der Waals surface area contributed by atoms with Crippen LogP contribution in [0.4, 0.5) is 0 Å². The molecule has 2 aromatic heterocycles. The predicted octanol–water partition coefficient (Wildman–Crippen LogP) is 3.98. The fraction of sp³-hybridized carbons (Fsp3) is 0.696. The Kier molecular flexibility index (Phi) is 5.40. The summed E-state index contributed by atoms with van der Waals surface area (Å²) in [6.07, 6.45) is 6.18. The summed E-state index contributed by atoms with van der Waals surface area (Å²) < 4.78 is 1.98. The van der Waals surface area contributed by atoms with E-state index in [0.717, 1.165) is 60.5 Å². The van der Waals surface area contributed by atoms with E-state index in [0.29, 0.717) is 5.92 Å². The Morgan fingerprint density at radius 3 is 2.55 bits per heavy atom. The monoisotopic (exact) mass is 397 g/mol. The number of fused-ring (bicyclic) bond motifs is 1. The first kappa shape index (κ1) is 20.3. The summed E-state index contributed by atoms with van der Waals surface area (Å²) in [5.41, 5.74) is 3.30. The molecule has 2 fully saturated rings. The van der Waals surface area contributed by atoms with Gasteiger partial charge in [-0.3, -0.25) is 4.79 Å². The second-order valence-corrected chi connectivity index (χ2v) is 9.97. The maximum absolute atomic E-state index is 13.3. The lowest BCUT2D eigenvalue weighted by Crippen LogP contribution is -2.43. The molecule has 29 heavy (non-hydrogen) atoms.